The molecular weight excluding hydrogens is 539 g/mol. The number of benzene rings is 2. The van der Waals surface area contributed by atoms with Crippen molar-refractivity contribution in [3.63, 3.8) is 0 Å². The standard InChI is InChI=1S/C25H20Cl2N4O3S2/c1-3-12-31-22(16-6-10-18(27)11-7-16)29-30-25(31)36-14-20(32)28-23-21(24(33)34-2)19(13-35-23)15-4-8-17(26)9-5-15/h3-11,13H,1,12,14H2,2H3,(H,28,32). The summed E-state index contributed by atoms with van der Waals surface area (Å²) < 4.78 is 6.85. The van der Waals surface area contributed by atoms with Crippen LogP contribution in [0, 0.1) is 0 Å². The molecule has 0 unspecified atom stereocenters. The van der Waals surface area contributed by atoms with Crippen LogP contribution in [-0.2, 0) is 16.1 Å². The number of allylic oxidation sites excluding steroid dienone is 1. The summed E-state index contributed by atoms with van der Waals surface area (Å²) >= 11 is 14.5. The summed E-state index contributed by atoms with van der Waals surface area (Å²) in [5.74, 6) is -0.128. The van der Waals surface area contributed by atoms with Crippen molar-refractivity contribution in [3.05, 3.63) is 82.2 Å². The number of thioether (sulfide) groups is 1. The van der Waals surface area contributed by atoms with Gasteiger partial charge in [-0.1, -0.05) is 53.2 Å². The first-order valence-corrected chi connectivity index (χ1v) is 13.2. The third-order valence-corrected chi connectivity index (χ3v) is 7.42. The molecule has 2 aromatic carbocycles. The topological polar surface area (TPSA) is 86.1 Å². The molecule has 11 heteroatoms. The van der Waals surface area contributed by atoms with E-state index < -0.39 is 5.97 Å². The van der Waals surface area contributed by atoms with Crippen LogP contribution in [0.2, 0.25) is 10.0 Å². The Balaban J connectivity index is 1.52. The lowest BCUT2D eigenvalue weighted by Crippen LogP contribution is -2.16. The molecule has 0 fully saturated rings. The van der Waals surface area contributed by atoms with Crippen LogP contribution in [-0.4, -0.2) is 39.5 Å². The Morgan fingerprint density at radius 2 is 1.72 bits per heavy atom. The van der Waals surface area contributed by atoms with E-state index in [0.29, 0.717) is 43.7 Å². The van der Waals surface area contributed by atoms with Crippen molar-refractivity contribution in [1.29, 1.82) is 0 Å². The molecule has 0 atom stereocenters. The maximum atomic E-state index is 12.8. The van der Waals surface area contributed by atoms with E-state index in [1.807, 2.05) is 28.8 Å². The number of aromatic nitrogens is 3. The van der Waals surface area contributed by atoms with Gasteiger partial charge in [0.25, 0.3) is 0 Å². The first-order valence-electron chi connectivity index (χ1n) is 10.6. The number of nitrogens with zero attached hydrogens (tertiary/aromatic N) is 3. The molecule has 0 saturated carbocycles. The second kappa shape index (κ2) is 11.7. The second-order valence-electron chi connectivity index (χ2n) is 7.40. The number of halogens is 2. The Bertz CT molecular complexity index is 1400. The average Bonchev–Trinajstić information content (AvgIpc) is 3.48. The van der Waals surface area contributed by atoms with Gasteiger partial charge in [0, 0.05) is 33.1 Å². The summed E-state index contributed by atoms with van der Waals surface area (Å²) in [5.41, 5.74) is 2.59. The molecule has 2 heterocycles. The molecular formula is C25H20Cl2N4O3S2. The van der Waals surface area contributed by atoms with E-state index in [2.05, 4.69) is 22.1 Å². The fourth-order valence-electron chi connectivity index (χ4n) is 3.39. The number of carbonyl (C=O) groups excluding carboxylic acids is 2. The molecule has 0 aliphatic carbocycles. The molecule has 7 nitrogen and oxygen atoms in total. The molecule has 0 bridgehead atoms. The third kappa shape index (κ3) is 5.82. The monoisotopic (exact) mass is 558 g/mol. The van der Waals surface area contributed by atoms with Crippen LogP contribution in [0.3, 0.4) is 0 Å². The summed E-state index contributed by atoms with van der Waals surface area (Å²) in [6.07, 6.45) is 1.74. The molecule has 4 aromatic rings. The largest absolute Gasteiger partial charge is 0.465 e. The van der Waals surface area contributed by atoms with Crippen LogP contribution in [0.1, 0.15) is 10.4 Å². The Hall–Kier alpha value is -3.11. The van der Waals surface area contributed by atoms with Gasteiger partial charge in [-0.05, 0) is 42.0 Å². The zero-order chi connectivity index (χ0) is 25.7. The van der Waals surface area contributed by atoms with Crippen LogP contribution in [0.5, 0.6) is 0 Å². The van der Waals surface area contributed by atoms with E-state index in [9.17, 15) is 9.59 Å². The van der Waals surface area contributed by atoms with Crippen molar-refractivity contribution < 1.29 is 14.3 Å². The Morgan fingerprint density at radius 3 is 2.33 bits per heavy atom. The Morgan fingerprint density at radius 1 is 1.08 bits per heavy atom. The number of hydrogen-bond donors (Lipinski definition) is 1. The summed E-state index contributed by atoms with van der Waals surface area (Å²) in [7, 11) is 1.30. The number of hydrogen-bond acceptors (Lipinski definition) is 7. The molecule has 0 spiro atoms. The van der Waals surface area contributed by atoms with E-state index in [0.717, 1.165) is 11.1 Å². The first-order chi connectivity index (χ1) is 17.4. The van der Waals surface area contributed by atoms with Crippen LogP contribution < -0.4 is 5.32 Å². The van der Waals surface area contributed by atoms with Gasteiger partial charge in [-0.25, -0.2) is 4.79 Å². The third-order valence-electron chi connectivity index (χ3n) is 5.05. The first kappa shape index (κ1) is 26.0. The summed E-state index contributed by atoms with van der Waals surface area (Å²) in [6, 6.07) is 14.4. The number of esters is 1. The number of methoxy groups -OCH3 is 1. The lowest BCUT2D eigenvalue weighted by atomic mass is 10.0. The SMILES string of the molecule is C=CCn1c(SCC(=O)Nc2scc(-c3ccc(Cl)cc3)c2C(=O)OC)nnc1-c1ccc(Cl)cc1. The lowest BCUT2D eigenvalue weighted by Gasteiger charge is -2.09. The van der Waals surface area contributed by atoms with Crippen molar-refractivity contribution in [3.8, 4) is 22.5 Å². The quantitative estimate of drug-likeness (QED) is 0.140. The van der Waals surface area contributed by atoms with E-state index in [1.165, 1.54) is 30.2 Å². The Labute approximate surface area is 226 Å². The minimum Gasteiger partial charge on any atom is -0.465 e. The van der Waals surface area contributed by atoms with Crippen molar-refractivity contribution >= 4 is 63.2 Å². The molecule has 2 aromatic heterocycles. The molecule has 36 heavy (non-hydrogen) atoms. The average molecular weight is 560 g/mol. The second-order valence-corrected chi connectivity index (χ2v) is 10.1. The summed E-state index contributed by atoms with van der Waals surface area (Å²) in [6.45, 7) is 4.28. The highest BCUT2D eigenvalue weighted by atomic mass is 35.5. The highest BCUT2D eigenvalue weighted by molar-refractivity contribution is 7.99. The van der Waals surface area contributed by atoms with E-state index in [4.69, 9.17) is 27.9 Å². The molecule has 1 N–H and O–H groups in total. The fourth-order valence-corrected chi connectivity index (χ4v) is 5.36. The zero-order valence-electron chi connectivity index (χ0n) is 19.0. The van der Waals surface area contributed by atoms with Crippen LogP contribution in [0.4, 0.5) is 5.00 Å². The van der Waals surface area contributed by atoms with Gasteiger partial charge < -0.3 is 10.1 Å². The smallest absolute Gasteiger partial charge is 0.341 e. The lowest BCUT2D eigenvalue weighted by molar-refractivity contribution is -0.113. The fraction of sp³-hybridized carbons (Fsp3) is 0.120. The van der Waals surface area contributed by atoms with E-state index in [-0.39, 0.29) is 11.7 Å². The molecule has 4 rings (SSSR count). The molecule has 0 aliphatic heterocycles. The van der Waals surface area contributed by atoms with Gasteiger partial charge in [0.15, 0.2) is 11.0 Å². The predicted molar refractivity (Wildman–Crippen MR) is 146 cm³/mol. The Kier molecular flexibility index (Phi) is 8.48. The summed E-state index contributed by atoms with van der Waals surface area (Å²) in [5, 5.41) is 15.4. The molecule has 0 radical (unpaired) electrons. The van der Waals surface area contributed by atoms with Gasteiger partial charge in [0.05, 0.1) is 12.9 Å². The van der Waals surface area contributed by atoms with Gasteiger partial charge in [-0.2, -0.15) is 0 Å². The number of ether oxygens (including phenoxy) is 1. The normalized spacial score (nSPS) is 10.8. The van der Waals surface area contributed by atoms with Gasteiger partial charge in [-0.3, -0.25) is 9.36 Å². The van der Waals surface area contributed by atoms with Crippen molar-refractivity contribution in [2.24, 2.45) is 0 Å². The van der Waals surface area contributed by atoms with Gasteiger partial charge in [0.2, 0.25) is 5.91 Å². The number of carbonyl (C=O) groups is 2. The molecule has 184 valence electrons. The highest BCUT2D eigenvalue weighted by Crippen LogP contribution is 2.37. The van der Waals surface area contributed by atoms with E-state index in [1.54, 1.807) is 35.7 Å². The number of amides is 1. The van der Waals surface area contributed by atoms with Crippen molar-refractivity contribution in [2.45, 2.75) is 11.7 Å². The van der Waals surface area contributed by atoms with E-state index >= 15 is 0 Å². The molecule has 0 saturated heterocycles. The minimum atomic E-state index is -0.539. The molecule has 0 aliphatic rings. The van der Waals surface area contributed by atoms with Crippen molar-refractivity contribution in [2.75, 3.05) is 18.2 Å². The van der Waals surface area contributed by atoms with Crippen LogP contribution in [0.25, 0.3) is 22.5 Å². The van der Waals surface area contributed by atoms with Gasteiger partial charge in [0.1, 0.15) is 10.6 Å². The highest BCUT2D eigenvalue weighted by Gasteiger charge is 2.23. The van der Waals surface area contributed by atoms with Gasteiger partial charge >= 0.3 is 5.97 Å². The van der Waals surface area contributed by atoms with Gasteiger partial charge in [-0.15, -0.1) is 28.1 Å². The zero-order valence-corrected chi connectivity index (χ0v) is 22.2. The maximum absolute atomic E-state index is 12.8. The number of nitrogens with one attached hydrogen (secondary N) is 1. The predicted octanol–water partition coefficient (Wildman–Crippen LogP) is 6.68. The summed E-state index contributed by atoms with van der Waals surface area (Å²) in [4.78, 5) is 25.4. The number of rotatable bonds is 9. The molecule has 1 amide bonds. The van der Waals surface area contributed by atoms with Crippen LogP contribution in [0.15, 0.2) is 71.7 Å². The minimum absolute atomic E-state index is 0.0602. The number of anilines is 1. The number of thiophene rings is 1. The van der Waals surface area contributed by atoms with Crippen LogP contribution >= 0.6 is 46.3 Å². The van der Waals surface area contributed by atoms with Crippen molar-refractivity contribution in [1.82, 2.24) is 14.8 Å². The maximum Gasteiger partial charge on any atom is 0.341 e.